The van der Waals surface area contributed by atoms with Gasteiger partial charge in [0.2, 0.25) is 5.91 Å². The van der Waals surface area contributed by atoms with Crippen LogP contribution in [0.25, 0.3) is 0 Å². The van der Waals surface area contributed by atoms with Crippen LogP contribution >= 0.6 is 0 Å². The molecule has 1 atom stereocenters. The van der Waals surface area contributed by atoms with E-state index < -0.39 is 11.3 Å². The van der Waals surface area contributed by atoms with E-state index in [9.17, 15) is 13.6 Å². The minimum Gasteiger partial charge on any atom is -0.356 e. The van der Waals surface area contributed by atoms with Crippen LogP contribution in [0.5, 0.6) is 0 Å². The zero-order valence-corrected chi connectivity index (χ0v) is 5.99. The topological polar surface area (TPSA) is 29.1 Å². The summed E-state index contributed by atoms with van der Waals surface area (Å²) in [5.41, 5.74) is -0.949. The molecule has 11 heavy (non-hydrogen) atoms. The van der Waals surface area contributed by atoms with Crippen molar-refractivity contribution < 1.29 is 13.6 Å². The molecule has 0 bridgehead atoms. The summed E-state index contributed by atoms with van der Waals surface area (Å²) in [4.78, 5) is 10.8. The molecule has 0 aromatic carbocycles. The largest absolute Gasteiger partial charge is 0.356 e. The molecule has 0 radical (unpaired) electrons. The summed E-state index contributed by atoms with van der Waals surface area (Å²) in [7, 11) is 0. The van der Waals surface area contributed by atoms with E-state index in [0.717, 1.165) is 0 Å². The van der Waals surface area contributed by atoms with Crippen LogP contribution in [0.15, 0.2) is 0 Å². The minimum atomic E-state index is -2.56. The van der Waals surface area contributed by atoms with E-state index in [1.807, 2.05) is 0 Å². The molecule has 1 unspecified atom stereocenters. The highest BCUT2D eigenvalue weighted by molar-refractivity contribution is 5.78. The predicted octanol–water partition coefficient (Wildman–Crippen LogP) is 0.922. The quantitative estimate of drug-likeness (QED) is 0.562. The molecule has 1 saturated carbocycles. The molecule has 0 aromatic rings. The van der Waals surface area contributed by atoms with Gasteiger partial charge in [0.1, 0.15) is 0 Å². The average Bonchev–Trinajstić information content (AvgIpc) is 2.32. The first-order chi connectivity index (χ1) is 5.06. The van der Waals surface area contributed by atoms with Crippen LogP contribution in [-0.4, -0.2) is 18.4 Å². The number of carbonyl (C=O) groups excluding carboxylic acids is 1. The van der Waals surface area contributed by atoms with Crippen molar-refractivity contribution in [3.8, 4) is 0 Å². The molecule has 0 aromatic heterocycles. The van der Waals surface area contributed by atoms with Gasteiger partial charge >= 0.3 is 0 Å². The van der Waals surface area contributed by atoms with Crippen molar-refractivity contribution in [1.82, 2.24) is 5.32 Å². The van der Waals surface area contributed by atoms with Crippen LogP contribution in [0.2, 0.25) is 0 Å². The van der Waals surface area contributed by atoms with Crippen molar-refractivity contribution in [2.45, 2.75) is 25.2 Å². The number of carbonyl (C=O) groups is 1. The van der Waals surface area contributed by atoms with Gasteiger partial charge in [0.05, 0.1) is 5.41 Å². The summed E-state index contributed by atoms with van der Waals surface area (Å²) >= 11 is 0. The zero-order valence-electron chi connectivity index (χ0n) is 5.99. The first-order valence-electron chi connectivity index (χ1n) is 3.70. The summed E-state index contributed by atoms with van der Waals surface area (Å²) in [6.45, 7) is 0.411. The number of rotatable bonds is 0. The van der Waals surface area contributed by atoms with Crippen molar-refractivity contribution in [1.29, 1.82) is 0 Å². The molecule has 2 aliphatic rings. The van der Waals surface area contributed by atoms with Crippen molar-refractivity contribution in [2.24, 2.45) is 5.41 Å². The maximum absolute atomic E-state index is 12.7. The smallest absolute Gasteiger partial charge is 0.255 e. The lowest BCUT2D eigenvalue weighted by Crippen LogP contribution is -2.36. The van der Waals surface area contributed by atoms with E-state index in [2.05, 4.69) is 5.32 Å². The summed E-state index contributed by atoms with van der Waals surface area (Å²) in [6.07, 6.45) is 0.360. The molecule has 2 fully saturated rings. The molecule has 1 aliphatic heterocycles. The van der Waals surface area contributed by atoms with Gasteiger partial charge in [-0.2, -0.15) is 0 Å². The van der Waals surface area contributed by atoms with E-state index >= 15 is 0 Å². The van der Waals surface area contributed by atoms with Crippen LogP contribution < -0.4 is 5.32 Å². The summed E-state index contributed by atoms with van der Waals surface area (Å²) in [5, 5.41) is 2.54. The van der Waals surface area contributed by atoms with Crippen molar-refractivity contribution in [3.63, 3.8) is 0 Å². The molecule has 4 heteroatoms. The van der Waals surface area contributed by atoms with Crippen LogP contribution in [0.1, 0.15) is 19.3 Å². The second-order valence-corrected chi connectivity index (χ2v) is 3.44. The molecule has 1 N–H and O–H groups in total. The van der Waals surface area contributed by atoms with Gasteiger partial charge in [0.15, 0.2) is 0 Å². The number of amides is 1. The standard InChI is InChI=1S/C7H9F2NO/c8-7(9)4-6(7)1-2-10-5(11)3-6/h1-4H2,(H,10,11). The highest BCUT2D eigenvalue weighted by Crippen LogP contribution is 2.65. The fraction of sp³-hybridized carbons (Fsp3) is 0.857. The average molecular weight is 161 g/mol. The molecule has 1 heterocycles. The first-order valence-corrected chi connectivity index (χ1v) is 3.70. The van der Waals surface area contributed by atoms with E-state index in [1.54, 1.807) is 0 Å². The molecule has 2 rings (SSSR count). The molecular weight excluding hydrogens is 152 g/mol. The Balaban J connectivity index is 2.11. The van der Waals surface area contributed by atoms with Gasteiger partial charge in [0, 0.05) is 19.4 Å². The third-order valence-corrected chi connectivity index (χ3v) is 2.64. The highest BCUT2D eigenvalue weighted by Gasteiger charge is 2.71. The second kappa shape index (κ2) is 1.73. The van der Waals surface area contributed by atoms with Gasteiger partial charge in [-0.05, 0) is 6.42 Å². The summed E-state index contributed by atoms with van der Waals surface area (Å²) < 4.78 is 25.3. The zero-order chi connectivity index (χ0) is 8.11. The maximum Gasteiger partial charge on any atom is 0.255 e. The van der Waals surface area contributed by atoms with Gasteiger partial charge in [-0.15, -0.1) is 0 Å². The minimum absolute atomic E-state index is 0.0139. The van der Waals surface area contributed by atoms with Gasteiger partial charge in [-0.3, -0.25) is 4.79 Å². The monoisotopic (exact) mass is 161 g/mol. The number of alkyl halides is 2. The van der Waals surface area contributed by atoms with Gasteiger partial charge in [0.25, 0.3) is 5.92 Å². The molecule has 1 saturated heterocycles. The fourth-order valence-electron chi connectivity index (χ4n) is 1.74. The maximum atomic E-state index is 12.7. The molecular formula is C7H9F2NO. The van der Waals surface area contributed by atoms with Gasteiger partial charge < -0.3 is 5.32 Å². The Labute approximate surface area is 63.0 Å². The number of hydrogen-bond donors (Lipinski definition) is 1. The molecule has 1 spiro atoms. The fourth-order valence-corrected chi connectivity index (χ4v) is 1.74. The normalized spacial score (nSPS) is 40.4. The number of nitrogens with one attached hydrogen (secondary N) is 1. The molecule has 1 amide bonds. The lowest BCUT2D eigenvalue weighted by atomic mass is 9.94. The Morgan fingerprint density at radius 3 is 2.45 bits per heavy atom. The Morgan fingerprint density at radius 1 is 1.45 bits per heavy atom. The first kappa shape index (κ1) is 7.00. The molecule has 2 nitrogen and oxygen atoms in total. The van der Waals surface area contributed by atoms with E-state index in [0.29, 0.717) is 13.0 Å². The summed E-state index contributed by atoms with van der Waals surface area (Å²) in [6, 6.07) is 0. The Hall–Kier alpha value is -0.670. The van der Waals surface area contributed by atoms with Crippen molar-refractivity contribution in [3.05, 3.63) is 0 Å². The van der Waals surface area contributed by atoms with Crippen LogP contribution in [0.4, 0.5) is 8.78 Å². The van der Waals surface area contributed by atoms with E-state index in [-0.39, 0.29) is 18.7 Å². The SMILES string of the molecule is O=C1CC2(CCN1)CC2(F)F. The Kier molecular flexibility index (Phi) is 1.10. The Bertz CT molecular complexity index is 216. The van der Waals surface area contributed by atoms with Crippen LogP contribution in [0.3, 0.4) is 0 Å². The number of halogens is 2. The van der Waals surface area contributed by atoms with Crippen molar-refractivity contribution >= 4 is 5.91 Å². The third kappa shape index (κ3) is 0.847. The lowest BCUT2D eigenvalue weighted by Gasteiger charge is -2.21. The van der Waals surface area contributed by atoms with Gasteiger partial charge in [-0.25, -0.2) is 8.78 Å². The number of hydrogen-bond acceptors (Lipinski definition) is 1. The lowest BCUT2D eigenvalue weighted by molar-refractivity contribution is -0.125. The molecule has 1 aliphatic carbocycles. The van der Waals surface area contributed by atoms with E-state index in [1.165, 1.54) is 0 Å². The predicted molar refractivity (Wildman–Crippen MR) is 34.2 cm³/mol. The van der Waals surface area contributed by atoms with E-state index in [4.69, 9.17) is 0 Å². The van der Waals surface area contributed by atoms with Gasteiger partial charge in [-0.1, -0.05) is 0 Å². The highest BCUT2D eigenvalue weighted by atomic mass is 19.3. The van der Waals surface area contributed by atoms with Crippen molar-refractivity contribution in [2.75, 3.05) is 6.54 Å². The number of piperidine rings is 1. The van der Waals surface area contributed by atoms with Crippen LogP contribution in [-0.2, 0) is 4.79 Å². The second-order valence-electron chi connectivity index (χ2n) is 3.44. The Morgan fingerprint density at radius 2 is 2.09 bits per heavy atom. The molecule has 62 valence electrons. The van der Waals surface area contributed by atoms with Crippen LogP contribution in [0, 0.1) is 5.41 Å². The third-order valence-electron chi connectivity index (χ3n) is 2.64. The summed E-state index contributed by atoms with van der Waals surface area (Å²) in [5.74, 6) is -2.79.